The van der Waals surface area contributed by atoms with Gasteiger partial charge in [-0.1, -0.05) is 60.7 Å². The topological polar surface area (TPSA) is 109 Å². The molecule has 0 fully saturated rings. The first-order chi connectivity index (χ1) is 17.5. The second kappa shape index (κ2) is 9.31. The van der Waals surface area contributed by atoms with Crippen LogP contribution in [0.3, 0.4) is 0 Å². The minimum Gasteiger partial charge on any atom is -0.382 e. The van der Waals surface area contributed by atoms with Gasteiger partial charge in [-0.25, -0.2) is 14.4 Å². The van der Waals surface area contributed by atoms with Gasteiger partial charge in [0.2, 0.25) is 0 Å². The van der Waals surface area contributed by atoms with Gasteiger partial charge in [-0.2, -0.15) is 5.26 Å². The highest BCUT2D eigenvalue weighted by Crippen LogP contribution is 2.39. The normalized spacial score (nSPS) is 11.7. The smallest absolute Gasteiger partial charge is 0.263 e. The molecule has 176 valence electrons. The summed E-state index contributed by atoms with van der Waals surface area (Å²) >= 11 is 0. The summed E-state index contributed by atoms with van der Waals surface area (Å²) in [5.74, 6) is -0.200. The summed E-state index contributed by atoms with van der Waals surface area (Å²) in [6.45, 7) is 1.88. The van der Waals surface area contributed by atoms with Gasteiger partial charge in [0.05, 0.1) is 17.1 Å². The van der Waals surface area contributed by atoms with Gasteiger partial charge >= 0.3 is 0 Å². The fourth-order valence-electron chi connectivity index (χ4n) is 4.47. The molecule has 0 aliphatic carbocycles. The van der Waals surface area contributed by atoms with Gasteiger partial charge in [-0.3, -0.25) is 9.20 Å². The minimum atomic E-state index is -0.517. The molecule has 3 aromatic heterocycles. The van der Waals surface area contributed by atoms with Crippen LogP contribution < -0.4 is 16.6 Å². The monoisotopic (exact) mass is 476 g/mol. The summed E-state index contributed by atoms with van der Waals surface area (Å²) in [6, 6.07) is 23.3. The first kappa shape index (κ1) is 22.7. The van der Waals surface area contributed by atoms with Crippen LogP contribution in [0.2, 0.25) is 0 Å². The van der Waals surface area contributed by atoms with Gasteiger partial charge in [0.1, 0.15) is 35.4 Å². The zero-order valence-electron chi connectivity index (χ0n) is 19.3. The van der Waals surface area contributed by atoms with E-state index in [0.717, 1.165) is 11.1 Å². The summed E-state index contributed by atoms with van der Waals surface area (Å²) in [5, 5.41) is 12.9. The van der Waals surface area contributed by atoms with E-state index in [-0.39, 0.29) is 22.8 Å². The van der Waals surface area contributed by atoms with E-state index < -0.39 is 11.9 Å². The van der Waals surface area contributed by atoms with Crippen molar-refractivity contribution in [3.63, 3.8) is 0 Å². The highest BCUT2D eigenvalue weighted by atomic mass is 19.1. The molecule has 36 heavy (non-hydrogen) atoms. The molecule has 7 nitrogen and oxygen atoms in total. The summed E-state index contributed by atoms with van der Waals surface area (Å²) in [5.41, 5.74) is 9.61. The van der Waals surface area contributed by atoms with Gasteiger partial charge in [0.15, 0.2) is 0 Å². The van der Waals surface area contributed by atoms with Crippen LogP contribution in [0, 0.1) is 17.1 Å². The number of nitrogens with one attached hydrogen (secondary N) is 1. The third-order valence-electron chi connectivity index (χ3n) is 6.04. The molecule has 8 heteroatoms. The lowest BCUT2D eigenvalue weighted by atomic mass is 9.88. The van der Waals surface area contributed by atoms with Crippen molar-refractivity contribution in [2.75, 3.05) is 11.1 Å². The van der Waals surface area contributed by atoms with E-state index in [1.54, 1.807) is 6.07 Å². The van der Waals surface area contributed by atoms with Crippen molar-refractivity contribution in [3.8, 4) is 28.3 Å². The molecule has 2 aromatic carbocycles. The number of pyridine rings is 2. The van der Waals surface area contributed by atoms with Crippen LogP contribution in [-0.4, -0.2) is 14.4 Å². The Hall–Kier alpha value is -5.03. The van der Waals surface area contributed by atoms with E-state index in [1.807, 2.05) is 73.7 Å². The number of hydrogen-bond donors (Lipinski definition) is 2. The predicted octanol–water partition coefficient (Wildman–Crippen LogP) is 5.19. The molecule has 1 unspecified atom stereocenters. The Morgan fingerprint density at radius 3 is 2.25 bits per heavy atom. The Bertz CT molecular complexity index is 1680. The second-order valence-corrected chi connectivity index (χ2v) is 8.26. The van der Waals surface area contributed by atoms with E-state index in [4.69, 9.17) is 5.73 Å². The fourth-order valence-corrected chi connectivity index (χ4v) is 4.47. The lowest BCUT2D eigenvalue weighted by Gasteiger charge is -2.24. The molecular weight excluding hydrogens is 455 g/mol. The van der Waals surface area contributed by atoms with Crippen LogP contribution in [0.4, 0.5) is 16.0 Å². The van der Waals surface area contributed by atoms with Gasteiger partial charge < -0.3 is 11.1 Å². The molecule has 0 spiro atoms. The van der Waals surface area contributed by atoms with E-state index in [0.29, 0.717) is 22.2 Å². The number of nitrogen functional groups attached to an aromatic ring is 1. The molecule has 3 N–H and O–H groups in total. The van der Waals surface area contributed by atoms with E-state index >= 15 is 0 Å². The molecule has 0 aliphatic heterocycles. The average Bonchev–Trinajstić information content (AvgIpc) is 2.90. The highest BCUT2D eigenvalue weighted by molar-refractivity contribution is 5.89. The molecule has 1 atom stereocenters. The largest absolute Gasteiger partial charge is 0.382 e. The maximum Gasteiger partial charge on any atom is 0.263 e. The third-order valence-corrected chi connectivity index (χ3v) is 6.04. The highest BCUT2D eigenvalue weighted by Gasteiger charge is 2.25. The number of rotatable bonds is 5. The number of aromatic nitrogens is 3. The second-order valence-electron chi connectivity index (χ2n) is 8.26. The molecule has 3 heterocycles. The number of nitrogens with two attached hydrogens (primary N) is 1. The summed E-state index contributed by atoms with van der Waals surface area (Å²) < 4.78 is 15.7. The van der Waals surface area contributed by atoms with Crippen LogP contribution in [0.25, 0.3) is 27.8 Å². The molecule has 0 bridgehead atoms. The van der Waals surface area contributed by atoms with E-state index in [2.05, 4.69) is 15.3 Å². The molecule has 0 radical (unpaired) electrons. The molecular formula is C28H21FN6O. The minimum absolute atomic E-state index is 0.0582. The van der Waals surface area contributed by atoms with Crippen molar-refractivity contribution in [2.24, 2.45) is 0 Å². The number of nitrogens with zero attached hydrogens (tertiary/aromatic N) is 4. The van der Waals surface area contributed by atoms with Crippen LogP contribution in [0.1, 0.15) is 24.1 Å². The first-order valence-corrected chi connectivity index (χ1v) is 11.2. The number of benzene rings is 2. The van der Waals surface area contributed by atoms with E-state index in [1.165, 1.54) is 23.0 Å². The SMILES string of the molecule is CC(Nc1ncnc(N)c1C#N)c1c(-c2ccccc2)c(=O)n2cc(F)ccc2c1-c1ccccc1. The van der Waals surface area contributed by atoms with Crippen molar-refractivity contribution >= 4 is 17.2 Å². The molecule has 5 rings (SSSR count). The third kappa shape index (κ3) is 3.93. The number of anilines is 2. The Kier molecular flexibility index (Phi) is 5.88. The van der Waals surface area contributed by atoms with Crippen molar-refractivity contribution in [2.45, 2.75) is 13.0 Å². The van der Waals surface area contributed by atoms with Crippen LogP contribution in [0.15, 0.2) is 90.1 Å². The quantitative estimate of drug-likeness (QED) is 0.361. The Balaban J connectivity index is 1.88. The lowest BCUT2D eigenvalue weighted by molar-refractivity contribution is 0.618. The van der Waals surface area contributed by atoms with Crippen LogP contribution >= 0.6 is 0 Å². The fraction of sp³-hybridized carbons (Fsp3) is 0.0714. The predicted molar refractivity (Wildman–Crippen MR) is 138 cm³/mol. The standard InChI is InChI=1S/C28H21FN6O/c1-17(34-27-21(14-30)26(31)32-16-33-27)23-24(18-8-4-2-5-9-18)22-13-12-20(29)15-35(22)28(36)25(23)19-10-6-3-7-11-19/h2-13,15-17H,1H3,(H3,31,32,33,34). The average molecular weight is 477 g/mol. The molecule has 0 aliphatic rings. The number of nitriles is 1. The van der Waals surface area contributed by atoms with Crippen LogP contribution in [-0.2, 0) is 0 Å². The van der Waals surface area contributed by atoms with Gasteiger partial charge in [0, 0.05) is 11.8 Å². The number of hydrogen-bond acceptors (Lipinski definition) is 6. The molecule has 5 aromatic rings. The van der Waals surface area contributed by atoms with Gasteiger partial charge in [-0.05, 0) is 35.7 Å². The maximum atomic E-state index is 14.3. The van der Waals surface area contributed by atoms with Gasteiger partial charge in [0.25, 0.3) is 5.56 Å². The van der Waals surface area contributed by atoms with E-state index in [9.17, 15) is 14.4 Å². The number of halogens is 1. The van der Waals surface area contributed by atoms with Crippen molar-refractivity contribution in [1.82, 2.24) is 14.4 Å². The Morgan fingerprint density at radius 1 is 0.972 bits per heavy atom. The Morgan fingerprint density at radius 2 is 1.61 bits per heavy atom. The zero-order chi connectivity index (χ0) is 25.2. The van der Waals surface area contributed by atoms with Crippen molar-refractivity contribution in [1.29, 1.82) is 5.26 Å². The Labute approximate surface area is 206 Å². The summed E-state index contributed by atoms with van der Waals surface area (Å²) in [6.07, 6.45) is 2.48. The van der Waals surface area contributed by atoms with Crippen molar-refractivity contribution in [3.05, 3.63) is 113 Å². The van der Waals surface area contributed by atoms with Gasteiger partial charge in [-0.15, -0.1) is 0 Å². The zero-order valence-corrected chi connectivity index (χ0v) is 19.3. The van der Waals surface area contributed by atoms with Crippen molar-refractivity contribution < 1.29 is 4.39 Å². The lowest BCUT2D eigenvalue weighted by Crippen LogP contribution is -2.23. The summed E-state index contributed by atoms with van der Waals surface area (Å²) in [7, 11) is 0. The summed E-state index contributed by atoms with van der Waals surface area (Å²) in [4.78, 5) is 22.0. The first-order valence-electron chi connectivity index (χ1n) is 11.2. The molecule has 0 saturated carbocycles. The molecule has 0 saturated heterocycles. The molecule has 0 amide bonds. The number of fused-ring (bicyclic) bond motifs is 1. The van der Waals surface area contributed by atoms with Crippen LogP contribution in [0.5, 0.6) is 0 Å². The maximum absolute atomic E-state index is 14.3.